The number of benzene rings is 1. The van der Waals surface area contributed by atoms with Crippen molar-refractivity contribution < 1.29 is 26.4 Å². The zero-order valence-electron chi connectivity index (χ0n) is 17.3. The van der Waals surface area contributed by atoms with Crippen LogP contribution < -0.4 is 0 Å². The van der Waals surface area contributed by atoms with Crippen molar-refractivity contribution in [2.75, 3.05) is 26.2 Å². The lowest BCUT2D eigenvalue weighted by atomic mass is 9.92. The van der Waals surface area contributed by atoms with Crippen molar-refractivity contribution in [3.05, 3.63) is 29.8 Å². The number of rotatable bonds is 5. The molecule has 0 saturated carbocycles. The smallest absolute Gasteiger partial charge is 0.333 e. The summed E-state index contributed by atoms with van der Waals surface area (Å²) in [6.07, 6.45) is -4.05. The molecule has 1 fully saturated rings. The molecule has 2 rings (SSSR count). The molecule has 0 aromatic heterocycles. The Morgan fingerprint density at radius 1 is 1.07 bits per heavy atom. The lowest BCUT2D eigenvalue weighted by Crippen LogP contribution is -2.49. The quantitative estimate of drug-likeness (QED) is 0.708. The predicted molar refractivity (Wildman–Crippen MR) is 105 cm³/mol. The molecule has 1 aromatic carbocycles. The van der Waals surface area contributed by atoms with Gasteiger partial charge in [-0.05, 0) is 37.3 Å². The molecule has 29 heavy (non-hydrogen) atoms. The van der Waals surface area contributed by atoms with E-state index in [4.69, 9.17) is 0 Å². The van der Waals surface area contributed by atoms with Crippen LogP contribution in [-0.2, 0) is 14.8 Å². The van der Waals surface area contributed by atoms with Gasteiger partial charge in [-0.1, -0.05) is 38.5 Å². The van der Waals surface area contributed by atoms with E-state index in [0.29, 0.717) is 0 Å². The fraction of sp³-hybridized carbons (Fsp3) is 0.650. The van der Waals surface area contributed by atoms with Crippen LogP contribution in [0.25, 0.3) is 0 Å². The van der Waals surface area contributed by atoms with E-state index in [1.54, 1.807) is 32.9 Å². The molecular formula is C20H29F3N2O3S. The number of carbonyl (C=O) groups is 1. The Hall–Kier alpha value is -1.61. The van der Waals surface area contributed by atoms with E-state index in [0.717, 1.165) is 10.5 Å². The molecule has 1 aliphatic heterocycles. The molecule has 0 unspecified atom stereocenters. The maximum absolute atomic E-state index is 13.0. The molecule has 0 spiro atoms. The first-order chi connectivity index (χ1) is 13.2. The number of carbonyl (C=O) groups excluding carboxylic acids is 1. The predicted octanol–water partition coefficient (Wildman–Crippen LogP) is 3.83. The molecule has 5 nitrogen and oxygen atoms in total. The number of hydrogen-bond acceptors (Lipinski definition) is 3. The first kappa shape index (κ1) is 23.7. The minimum absolute atomic E-state index is 0.00672. The minimum Gasteiger partial charge on any atom is -0.333 e. The second-order valence-electron chi connectivity index (χ2n) is 8.86. The Bertz CT molecular complexity index is 791. The van der Waals surface area contributed by atoms with Crippen molar-refractivity contribution in [1.82, 2.24) is 9.21 Å². The summed E-state index contributed by atoms with van der Waals surface area (Å²) in [6, 6.07) is 6.50. The number of halogens is 3. The Balaban J connectivity index is 2.07. The number of amides is 1. The minimum atomic E-state index is -4.48. The molecule has 0 aliphatic carbocycles. The molecule has 0 N–H and O–H groups in total. The van der Waals surface area contributed by atoms with Crippen LogP contribution in [0.15, 0.2) is 29.2 Å². The van der Waals surface area contributed by atoms with E-state index in [-0.39, 0.29) is 37.4 Å². The molecule has 1 heterocycles. The third-order valence-electron chi connectivity index (χ3n) is 4.81. The third kappa shape index (κ3) is 6.70. The van der Waals surface area contributed by atoms with Gasteiger partial charge in [-0.2, -0.15) is 17.5 Å². The van der Waals surface area contributed by atoms with E-state index in [2.05, 4.69) is 0 Å². The van der Waals surface area contributed by atoms with Gasteiger partial charge in [0.25, 0.3) is 0 Å². The van der Waals surface area contributed by atoms with E-state index >= 15 is 0 Å². The molecule has 1 saturated heterocycles. The fourth-order valence-corrected chi connectivity index (χ4v) is 4.93. The van der Waals surface area contributed by atoms with Crippen LogP contribution in [0.1, 0.15) is 39.2 Å². The van der Waals surface area contributed by atoms with Crippen molar-refractivity contribution in [2.45, 2.75) is 51.6 Å². The summed E-state index contributed by atoms with van der Waals surface area (Å²) < 4.78 is 65.7. The largest absolute Gasteiger partial charge is 0.406 e. The highest BCUT2D eigenvalue weighted by Crippen LogP contribution is 2.28. The van der Waals surface area contributed by atoms with Crippen molar-refractivity contribution in [3.8, 4) is 0 Å². The fourth-order valence-electron chi connectivity index (χ4n) is 3.46. The molecule has 9 heteroatoms. The van der Waals surface area contributed by atoms with Crippen LogP contribution in [0.2, 0.25) is 0 Å². The van der Waals surface area contributed by atoms with Gasteiger partial charge in [0.15, 0.2) is 0 Å². The summed E-state index contributed by atoms with van der Waals surface area (Å²) in [4.78, 5) is 13.8. The number of sulfonamides is 1. The maximum Gasteiger partial charge on any atom is 0.406 e. The average molecular weight is 435 g/mol. The van der Waals surface area contributed by atoms with Crippen molar-refractivity contribution in [2.24, 2.45) is 11.3 Å². The van der Waals surface area contributed by atoms with Gasteiger partial charge >= 0.3 is 6.18 Å². The lowest BCUT2D eigenvalue weighted by Gasteiger charge is -2.36. The molecule has 1 amide bonds. The van der Waals surface area contributed by atoms with E-state index < -0.39 is 40.0 Å². The van der Waals surface area contributed by atoms with E-state index in [1.165, 1.54) is 16.4 Å². The monoisotopic (exact) mass is 434 g/mol. The second kappa shape index (κ2) is 8.63. The molecule has 1 aliphatic rings. The second-order valence-corrected chi connectivity index (χ2v) is 10.8. The van der Waals surface area contributed by atoms with Crippen molar-refractivity contribution >= 4 is 15.9 Å². The summed E-state index contributed by atoms with van der Waals surface area (Å²) >= 11 is 0. The molecule has 0 bridgehead atoms. The van der Waals surface area contributed by atoms with Gasteiger partial charge in [-0.25, -0.2) is 8.42 Å². The summed E-state index contributed by atoms with van der Waals surface area (Å²) in [7, 11) is -3.68. The van der Waals surface area contributed by atoms with Gasteiger partial charge in [0.1, 0.15) is 6.54 Å². The first-order valence-electron chi connectivity index (χ1n) is 9.61. The molecule has 0 radical (unpaired) electrons. The Kier molecular flexibility index (Phi) is 7.05. The van der Waals surface area contributed by atoms with Crippen LogP contribution in [-0.4, -0.2) is 55.9 Å². The Morgan fingerprint density at radius 3 is 2.03 bits per heavy atom. The Labute approximate surface area is 170 Å². The molecular weight excluding hydrogens is 405 g/mol. The first-order valence-corrected chi connectivity index (χ1v) is 11.1. The topological polar surface area (TPSA) is 57.7 Å². The average Bonchev–Trinajstić information content (AvgIpc) is 2.58. The molecule has 0 atom stereocenters. The SMILES string of the molecule is Cc1ccc(S(=O)(=O)N2CCC(C(=O)N(CC(C)(C)C)CC(F)(F)F)CC2)cc1. The van der Waals surface area contributed by atoms with E-state index in [1.807, 2.05) is 6.92 Å². The standard InChI is InChI=1S/C20H29F3N2O3S/c1-15-5-7-17(8-6-15)29(27,28)25-11-9-16(10-12-25)18(26)24(13-19(2,3)4)14-20(21,22)23/h5-8,16H,9-14H2,1-4H3. The van der Waals surface area contributed by atoms with Gasteiger partial charge in [-0.3, -0.25) is 4.79 Å². The van der Waals surface area contributed by atoms with Gasteiger partial charge in [0, 0.05) is 25.6 Å². The normalized spacial score (nSPS) is 17.3. The lowest BCUT2D eigenvalue weighted by molar-refractivity contribution is -0.166. The van der Waals surface area contributed by atoms with Crippen molar-refractivity contribution in [3.63, 3.8) is 0 Å². The number of nitrogens with zero attached hydrogens (tertiary/aromatic N) is 2. The van der Waals surface area contributed by atoms with Crippen LogP contribution in [0, 0.1) is 18.3 Å². The third-order valence-corrected chi connectivity index (χ3v) is 6.72. The zero-order valence-corrected chi connectivity index (χ0v) is 18.1. The molecule has 164 valence electrons. The van der Waals surface area contributed by atoms with Crippen molar-refractivity contribution in [1.29, 1.82) is 0 Å². The highest BCUT2D eigenvalue weighted by Gasteiger charge is 2.39. The van der Waals surface area contributed by atoms with Gasteiger partial charge in [0.2, 0.25) is 15.9 Å². The van der Waals surface area contributed by atoms with Crippen LogP contribution in [0.5, 0.6) is 0 Å². The van der Waals surface area contributed by atoms with Crippen LogP contribution in [0.3, 0.4) is 0 Å². The zero-order chi connectivity index (χ0) is 22.0. The van der Waals surface area contributed by atoms with Gasteiger partial charge in [-0.15, -0.1) is 0 Å². The van der Waals surface area contributed by atoms with Crippen LogP contribution >= 0.6 is 0 Å². The highest BCUT2D eigenvalue weighted by molar-refractivity contribution is 7.89. The van der Waals surface area contributed by atoms with Crippen LogP contribution in [0.4, 0.5) is 13.2 Å². The molecule has 1 aromatic rings. The summed E-state index contributed by atoms with van der Waals surface area (Å²) in [5, 5.41) is 0. The Morgan fingerprint density at radius 2 is 1.59 bits per heavy atom. The number of piperidine rings is 1. The number of alkyl halides is 3. The van der Waals surface area contributed by atoms with Gasteiger partial charge < -0.3 is 4.90 Å². The van der Waals surface area contributed by atoms with E-state index in [9.17, 15) is 26.4 Å². The number of hydrogen-bond donors (Lipinski definition) is 0. The highest BCUT2D eigenvalue weighted by atomic mass is 32.2. The van der Waals surface area contributed by atoms with Gasteiger partial charge in [0.05, 0.1) is 4.90 Å². The maximum atomic E-state index is 13.0. The summed E-state index contributed by atoms with van der Waals surface area (Å²) in [5.74, 6) is -1.16. The summed E-state index contributed by atoms with van der Waals surface area (Å²) in [5.41, 5.74) is 0.466. The summed E-state index contributed by atoms with van der Waals surface area (Å²) in [6.45, 7) is 6.13. The number of aryl methyl sites for hydroxylation is 1.